The van der Waals surface area contributed by atoms with E-state index in [1.807, 2.05) is 17.9 Å². The number of aromatic nitrogens is 1. The van der Waals surface area contributed by atoms with Crippen molar-refractivity contribution < 1.29 is 14.3 Å². The molecule has 3 aromatic rings. The minimum Gasteiger partial charge on any atom is -0.477 e. The highest BCUT2D eigenvalue weighted by molar-refractivity contribution is 7.20. The van der Waals surface area contributed by atoms with Gasteiger partial charge in [-0.05, 0) is 25.1 Å². The number of rotatable bonds is 4. The van der Waals surface area contributed by atoms with Crippen LogP contribution in [0.4, 0.5) is 10.1 Å². The first-order chi connectivity index (χ1) is 14.3. The van der Waals surface area contributed by atoms with Crippen LogP contribution in [0.15, 0.2) is 29.2 Å². The molecule has 1 aliphatic rings. The molecule has 0 radical (unpaired) electrons. The van der Waals surface area contributed by atoms with Gasteiger partial charge in [-0.1, -0.05) is 23.2 Å². The summed E-state index contributed by atoms with van der Waals surface area (Å²) in [6.07, 6.45) is 1.31. The number of anilines is 1. The number of aryl methyl sites for hydroxylation is 1. The zero-order valence-electron chi connectivity index (χ0n) is 15.9. The van der Waals surface area contributed by atoms with Crippen molar-refractivity contribution in [3.63, 3.8) is 0 Å². The first kappa shape index (κ1) is 21.1. The molecular formula is C20H18Cl2FN3O3S. The Morgan fingerprint density at radius 3 is 2.77 bits per heavy atom. The molecule has 30 heavy (non-hydrogen) atoms. The van der Waals surface area contributed by atoms with Crippen LogP contribution >= 0.6 is 34.5 Å². The number of piperazine rings is 1. The molecule has 0 aliphatic carbocycles. The van der Waals surface area contributed by atoms with Crippen LogP contribution in [0.1, 0.15) is 28.9 Å². The second-order valence-electron chi connectivity index (χ2n) is 7.02. The summed E-state index contributed by atoms with van der Waals surface area (Å²) in [6.45, 7) is 3.93. The minimum absolute atomic E-state index is 0.0531. The number of aromatic carboxylic acids is 1. The molecule has 1 atom stereocenters. The molecule has 0 saturated carbocycles. The van der Waals surface area contributed by atoms with Gasteiger partial charge in [-0.15, -0.1) is 11.3 Å². The quantitative estimate of drug-likeness (QED) is 0.592. The number of carbonyl (C=O) groups is 1. The summed E-state index contributed by atoms with van der Waals surface area (Å²) in [5.41, 5.74) is 0.661. The van der Waals surface area contributed by atoms with E-state index in [2.05, 4.69) is 5.32 Å². The standard InChI is InChI=1S/C20H18Cl2FN3O3S/c1-2-25-8-12(20(28)29)18(27)11-5-13(23)16(7-15(11)25)26-4-3-24-14(9-26)10-6-17(21)30-19(10)22/h5-8,14,24H,2-4,9H2,1H3,(H,28,29). The van der Waals surface area contributed by atoms with Gasteiger partial charge in [-0.3, -0.25) is 4.79 Å². The topological polar surface area (TPSA) is 74.6 Å². The molecule has 4 rings (SSSR count). The molecule has 1 aromatic carbocycles. The highest BCUT2D eigenvalue weighted by Gasteiger charge is 2.26. The number of fused-ring (bicyclic) bond motifs is 1. The SMILES string of the molecule is CCn1cc(C(=O)O)c(=O)c2cc(F)c(N3CCNC(c4cc(Cl)sc4Cl)C3)cc21. The summed E-state index contributed by atoms with van der Waals surface area (Å²) >= 11 is 13.7. The molecule has 1 fully saturated rings. The van der Waals surface area contributed by atoms with Crippen LogP contribution in [0, 0.1) is 5.82 Å². The Balaban J connectivity index is 1.78. The number of nitrogens with one attached hydrogen (secondary N) is 1. The van der Waals surface area contributed by atoms with E-state index in [-0.39, 0.29) is 17.0 Å². The molecule has 2 N–H and O–H groups in total. The lowest BCUT2D eigenvalue weighted by Crippen LogP contribution is -2.46. The van der Waals surface area contributed by atoms with Crippen LogP contribution in [0.2, 0.25) is 8.67 Å². The number of hydrogen-bond donors (Lipinski definition) is 2. The average molecular weight is 470 g/mol. The minimum atomic E-state index is -1.33. The second kappa shape index (κ2) is 8.19. The van der Waals surface area contributed by atoms with E-state index in [1.54, 1.807) is 10.6 Å². The maximum atomic E-state index is 15.1. The zero-order valence-corrected chi connectivity index (χ0v) is 18.2. The number of hydrogen-bond acceptors (Lipinski definition) is 5. The van der Waals surface area contributed by atoms with Crippen molar-refractivity contribution in [2.45, 2.75) is 19.5 Å². The predicted octanol–water partition coefficient (Wildman–Crippen LogP) is 4.38. The van der Waals surface area contributed by atoms with Crippen LogP contribution < -0.4 is 15.6 Å². The summed E-state index contributed by atoms with van der Waals surface area (Å²) in [6, 6.07) is 4.45. The smallest absolute Gasteiger partial charge is 0.341 e. The van der Waals surface area contributed by atoms with Crippen molar-refractivity contribution in [3.05, 3.63) is 60.2 Å². The number of carboxylic acid groups (broad SMARTS) is 1. The van der Waals surface area contributed by atoms with Crippen molar-refractivity contribution in [1.29, 1.82) is 0 Å². The van der Waals surface area contributed by atoms with Crippen LogP contribution in [-0.2, 0) is 6.54 Å². The van der Waals surface area contributed by atoms with E-state index in [0.717, 1.165) is 11.6 Å². The average Bonchev–Trinajstić information content (AvgIpc) is 3.06. The molecule has 10 heteroatoms. The molecule has 6 nitrogen and oxygen atoms in total. The maximum absolute atomic E-state index is 15.1. The zero-order chi connectivity index (χ0) is 21.6. The van der Waals surface area contributed by atoms with Gasteiger partial charge in [-0.25, -0.2) is 9.18 Å². The third-order valence-corrected chi connectivity index (χ3v) is 6.81. The molecule has 1 aliphatic heterocycles. The second-order valence-corrected chi connectivity index (χ2v) is 9.30. The lowest BCUT2D eigenvalue weighted by atomic mass is 10.1. The maximum Gasteiger partial charge on any atom is 0.341 e. The van der Waals surface area contributed by atoms with Gasteiger partial charge in [0.25, 0.3) is 0 Å². The number of halogens is 3. The fourth-order valence-electron chi connectivity index (χ4n) is 3.82. The third kappa shape index (κ3) is 3.69. The van der Waals surface area contributed by atoms with Crippen molar-refractivity contribution in [3.8, 4) is 0 Å². The molecule has 1 saturated heterocycles. The van der Waals surface area contributed by atoms with Crippen LogP contribution in [-0.4, -0.2) is 35.3 Å². The van der Waals surface area contributed by atoms with Crippen molar-refractivity contribution >= 4 is 57.1 Å². The van der Waals surface area contributed by atoms with Crippen LogP contribution in [0.3, 0.4) is 0 Å². The number of nitrogens with zero attached hydrogens (tertiary/aromatic N) is 2. The Morgan fingerprint density at radius 2 is 2.13 bits per heavy atom. The van der Waals surface area contributed by atoms with E-state index in [0.29, 0.717) is 46.1 Å². The van der Waals surface area contributed by atoms with E-state index in [4.69, 9.17) is 23.2 Å². The molecule has 3 heterocycles. The molecule has 1 unspecified atom stereocenters. The van der Waals surface area contributed by atoms with Gasteiger partial charge in [0, 0.05) is 43.3 Å². The first-order valence-electron chi connectivity index (χ1n) is 9.33. The number of pyridine rings is 1. The summed E-state index contributed by atoms with van der Waals surface area (Å²) in [7, 11) is 0. The monoisotopic (exact) mass is 469 g/mol. The van der Waals surface area contributed by atoms with Gasteiger partial charge in [-0.2, -0.15) is 0 Å². The summed E-state index contributed by atoms with van der Waals surface area (Å²) in [4.78, 5) is 25.8. The van der Waals surface area contributed by atoms with E-state index in [1.165, 1.54) is 17.5 Å². The van der Waals surface area contributed by atoms with Gasteiger partial charge in [0.05, 0.1) is 25.9 Å². The Hall–Kier alpha value is -2.13. The summed E-state index contributed by atoms with van der Waals surface area (Å²) < 4.78 is 17.9. The summed E-state index contributed by atoms with van der Waals surface area (Å²) in [5.74, 6) is -1.90. The van der Waals surface area contributed by atoms with Crippen LogP contribution in [0.5, 0.6) is 0 Å². The number of thiophene rings is 1. The van der Waals surface area contributed by atoms with Gasteiger partial charge >= 0.3 is 5.97 Å². The van der Waals surface area contributed by atoms with Crippen molar-refractivity contribution in [2.75, 3.05) is 24.5 Å². The lowest BCUT2D eigenvalue weighted by molar-refractivity contribution is 0.0695. The molecule has 0 amide bonds. The summed E-state index contributed by atoms with van der Waals surface area (Å²) in [5, 5.41) is 12.7. The van der Waals surface area contributed by atoms with Gasteiger partial charge in [0.2, 0.25) is 5.43 Å². The largest absolute Gasteiger partial charge is 0.477 e. The van der Waals surface area contributed by atoms with Crippen molar-refractivity contribution in [1.82, 2.24) is 9.88 Å². The lowest BCUT2D eigenvalue weighted by Gasteiger charge is -2.35. The van der Waals surface area contributed by atoms with Gasteiger partial charge < -0.3 is 19.9 Å². The van der Waals surface area contributed by atoms with Gasteiger partial charge in [0.15, 0.2) is 0 Å². The normalized spacial score (nSPS) is 16.9. The highest BCUT2D eigenvalue weighted by Crippen LogP contribution is 2.37. The van der Waals surface area contributed by atoms with Gasteiger partial charge in [0.1, 0.15) is 11.4 Å². The Kier molecular flexibility index (Phi) is 5.76. The highest BCUT2D eigenvalue weighted by atomic mass is 35.5. The molecular weight excluding hydrogens is 452 g/mol. The fourth-order valence-corrected chi connectivity index (χ4v) is 5.40. The van der Waals surface area contributed by atoms with Crippen molar-refractivity contribution in [2.24, 2.45) is 0 Å². The molecule has 2 aromatic heterocycles. The number of benzene rings is 1. The van der Waals surface area contributed by atoms with E-state index >= 15 is 4.39 Å². The van der Waals surface area contributed by atoms with E-state index < -0.39 is 17.2 Å². The Labute approximate surface area is 185 Å². The molecule has 0 bridgehead atoms. The number of carboxylic acids is 1. The van der Waals surface area contributed by atoms with Crippen LogP contribution in [0.25, 0.3) is 10.9 Å². The Morgan fingerprint density at radius 1 is 1.37 bits per heavy atom. The molecule has 0 spiro atoms. The molecule has 158 valence electrons. The first-order valence-corrected chi connectivity index (χ1v) is 10.9. The third-order valence-electron chi connectivity index (χ3n) is 5.29. The fraction of sp³-hybridized carbons (Fsp3) is 0.300. The Bertz CT molecular complexity index is 1210. The van der Waals surface area contributed by atoms with E-state index in [9.17, 15) is 14.7 Å². The predicted molar refractivity (Wildman–Crippen MR) is 118 cm³/mol.